The minimum absolute atomic E-state index is 0.0695. The molecule has 0 saturated carbocycles. The SMILES string of the molecule is Cc1cc(Nc2ncc(F)c3nn(-c4c(Cl)cc(N)cc4C#N)cc23)ncn1. The minimum Gasteiger partial charge on any atom is -0.399 e. The van der Waals surface area contributed by atoms with Crippen molar-refractivity contribution in [1.29, 1.82) is 5.26 Å². The second-order valence-electron chi connectivity index (χ2n) is 5.97. The smallest absolute Gasteiger partial charge is 0.169 e. The number of hydrogen-bond donors (Lipinski definition) is 2. The minimum atomic E-state index is -0.608. The van der Waals surface area contributed by atoms with E-state index in [1.165, 1.54) is 23.1 Å². The van der Waals surface area contributed by atoms with Gasteiger partial charge < -0.3 is 11.1 Å². The second-order valence-corrected chi connectivity index (χ2v) is 6.38. The van der Waals surface area contributed by atoms with Gasteiger partial charge in [-0.05, 0) is 19.1 Å². The predicted octanol–water partition coefficient (Wildman–Crippen LogP) is 3.51. The fraction of sp³-hybridized carbons (Fsp3) is 0.0556. The molecule has 10 heteroatoms. The molecule has 0 atom stereocenters. The number of aromatic nitrogens is 5. The van der Waals surface area contributed by atoms with Crippen molar-refractivity contribution in [3.8, 4) is 11.8 Å². The maximum absolute atomic E-state index is 14.3. The van der Waals surface area contributed by atoms with E-state index in [9.17, 15) is 9.65 Å². The van der Waals surface area contributed by atoms with Crippen molar-refractivity contribution in [3.05, 3.63) is 59.0 Å². The molecule has 0 aliphatic heterocycles. The van der Waals surface area contributed by atoms with Crippen molar-refractivity contribution >= 4 is 39.8 Å². The van der Waals surface area contributed by atoms with Gasteiger partial charge in [-0.15, -0.1) is 0 Å². The second kappa shape index (κ2) is 6.75. The van der Waals surface area contributed by atoms with E-state index in [0.717, 1.165) is 11.9 Å². The Morgan fingerprint density at radius 2 is 2.07 bits per heavy atom. The number of rotatable bonds is 3. The summed E-state index contributed by atoms with van der Waals surface area (Å²) in [6, 6.07) is 6.73. The highest BCUT2D eigenvalue weighted by molar-refractivity contribution is 6.33. The predicted molar refractivity (Wildman–Crippen MR) is 103 cm³/mol. The van der Waals surface area contributed by atoms with Gasteiger partial charge in [0.2, 0.25) is 0 Å². The lowest BCUT2D eigenvalue weighted by Crippen LogP contribution is -2.01. The molecule has 8 nitrogen and oxygen atoms in total. The van der Waals surface area contributed by atoms with Crippen LogP contribution in [0.3, 0.4) is 0 Å². The van der Waals surface area contributed by atoms with Gasteiger partial charge in [0.1, 0.15) is 35.2 Å². The summed E-state index contributed by atoms with van der Waals surface area (Å²) in [5.74, 6) is 0.248. The van der Waals surface area contributed by atoms with Crippen LogP contribution in [0.4, 0.5) is 21.7 Å². The third kappa shape index (κ3) is 3.06. The Morgan fingerprint density at radius 3 is 2.82 bits per heavy atom. The zero-order valence-electron chi connectivity index (χ0n) is 14.5. The summed E-state index contributed by atoms with van der Waals surface area (Å²) in [5, 5.41) is 17.3. The fourth-order valence-electron chi connectivity index (χ4n) is 2.77. The first-order valence-electron chi connectivity index (χ1n) is 8.05. The van der Waals surface area contributed by atoms with Gasteiger partial charge in [-0.3, -0.25) is 0 Å². The number of nitrogens with two attached hydrogens (primary N) is 1. The van der Waals surface area contributed by atoms with Crippen molar-refractivity contribution in [2.45, 2.75) is 6.92 Å². The highest BCUT2D eigenvalue weighted by Crippen LogP contribution is 2.31. The average Bonchev–Trinajstić information content (AvgIpc) is 3.09. The molecule has 0 aliphatic carbocycles. The normalized spacial score (nSPS) is 10.8. The fourth-order valence-corrected chi connectivity index (χ4v) is 3.09. The Labute approximate surface area is 163 Å². The topological polar surface area (TPSA) is 118 Å². The van der Waals surface area contributed by atoms with Crippen molar-refractivity contribution < 1.29 is 4.39 Å². The number of nitriles is 1. The molecule has 3 aromatic heterocycles. The zero-order chi connectivity index (χ0) is 19.8. The molecule has 0 amide bonds. The molecule has 0 spiro atoms. The van der Waals surface area contributed by atoms with Gasteiger partial charge in [-0.1, -0.05) is 11.6 Å². The molecule has 0 bridgehead atoms. The van der Waals surface area contributed by atoms with Crippen LogP contribution in [-0.4, -0.2) is 24.7 Å². The molecule has 3 heterocycles. The molecule has 0 aliphatic rings. The molecule has 0 fully saturated rings. The maximum Gasteiger partial charge on any atom is 0.169 e. The number of nitrogens with zero attached hydrogens (tertiary/aromatic N) is 6. The number of halogens is 2. The molecule has 138 valence electrons. The molecule has 4 rings (SSSR count). The van der Waals surface area contributed by atoms with Crippen LogP contribution in [0.5, 0.6) is 0 Å². The number of benzene rings is 1. The van der Waals surface area contributed by atoms with E-state index in [-0.39, 0.29) is 16.1 Å². The van der Waals surface area contributed by atoms with Crippen LogP contribution >= 0.6 is 11.6 Å². The van der Waals surface area contributed by atoms with Gasteiger partial charge >= 0.3 is 0 Å². The molecular formula is C18H12ClFN8. The Bertz CT molecular complexity index is 1260. The van der Waals surface area contributed by atoms with E-state index in [1.54, 1.807) is 12.3 Å². The molecule has 28 heavy (non-hydrogen) atoms. The Morgan fingerprint density at radius 1 is 1.25 bits per heavy atom. The summed E-state index contributed by atoms with van der Waals surface area (Å²) in [6.07, 6.45) is 4.01. The average molecular weight is 395 g/mol. The standard InChI is InChI=1S/C18H12ClFN8/c1-9-2-15(25-8-24-9)26-18-12-7-28(27-16(12)14(20)6-23-18)17-10(5-21)3-11(22)4-13(17)19/h2-4,6-8H,22H2,1H3,(H,23,24,25,26). The number of pyridine rings is 1. The summed E-state index contributed by atoms with van der Waals surface area (Å²) < 4.78 is 15.7. The van der Waals surface area contributed by atoms with E-state index in [2.05, 4.69) is 25.4 Å². The summed E-state index contributed by atoms with van der Waals surface area (Å²) in [5.41, 5.74) is 7.44. The first kappa shape index (κ1) is 17.6. The van der Waals surface area contributed by atoms with E-state index < -0.39 is 5.82 Å². The van der Waals surface area contributed by atoms with Crippen molar-refractivity contribution in [1.82, 2.24) is 24.7 Å². The van der Waals surface area contributed by atoms with Gasteiger partial charge in [0, 0.05) is 23.6 Å². The van der Waals surface area contributed by atoms with Crippen molar-refractivity contribution in [2.75, 3.05) is 11.1 Å². The number of nitrogen functional groups attached to an aromatic ring is 1. The van der Waals surface area contributed by atoms with Crippen LogP contribution in [0.2, 0.25) is 5.02 Å². The van der Waals surface area contributed by atoms with Crippen molar-refractivity contribution in [2.24, 2.45) is 0 Å². The van der Waals surface area contributed by atoms with Gasteiger partial charge in [0.05, 0.1) is 22.2 Å². The monoisotopic (exact) mass is 394 g/mol. The number of hydrogen-bond acceptors (Lipinski definition) is 7. The molecule has 0 saturated heterocycles. The first-order valence-corrected chi connectivity index (χ1v) is 8.43. The van der Waals surface area contributed by atoms with E-state index in [4.69, 9.17) is 17.3 Å². The summed E-state index contributed by atoms with van der Waals surface area (Å²) in [7, 11) is 0. The first-order chi connectivity index (χ1) is 13.5. The van der Waals surface area contributed by atoms with Gasteiger partial charge in [0.25, 0.3) is 0 Å². The Balaban J connectivity index is 1.88. The lowest BCUT2D eigenvalue weighted by atomic mass is 10.1. The van der Waals surface area contributed by atoms with Crippen LogP contribution < -0.4 is 11.1 Å². The summed E-state index contributed by atoms with van der Waals surface area (Å²) in [6.45, 7) is 1.82. The van der Waals surface area contributed by atoms with Crippen LogP contribution in [0.15, 0.2) is 36.9 Å². The highest BCUT2D eigenvalue weighted by Gasteiger charge is 2.17. The Hall–Kier alpha value is -3.77. The summed E-state index contributed by atoms with van der Waals surface area (Å²) >= 11 is 6.27. The third-order valence-electron chi connectivity index (χ3n) is 3.99. The van der Waals surface area contributed by atoms with Crippen molar-refractivity contribution in [3.63, 3.8) is 0 Å². The maximum atomic E-state index is 14.3. The molecule has 0 radical (unpaired) electrons. The molecule has 3 N–H and O–H groups in total. The van der Waals surface area contributed by atoms with Crippen LogP contribution in [0, 0.1) is 24.1 Å². The molecular weight excluding hydrogens is 383 g/mol. The van der Waals surface area contributed by atoms with Crippen LogP contribution in [0.25, 0.3) is 16.6 Å². The van der Waals surface area contributed by atoms with Gasteiger partial charge in [0.15, 0.2) is 5.82 Å². The van der Waals surface area contributed by atoms with Gasteiger partial charge in [-0.25, -0.2) is 24.0 Å². The third-order valence-corrected chi connectivity index (χ3v) is 4.28. The van der Waals surface area contributed by atoms with Gasteiger partial charge in [-0.2, -0.15) is 10.4 Å². The lowest BCUT2D eigenvalue weighted by Gasteiger charge is -2.07. The molecule has 4 aromatic rings. The molecule has 0 unspecified atom stereocenters. The highest BCUT2D eigenvalue weighted by atomic mass is 35.5. The number of aryl methyl sites for hydroxylation is 1. The number of anilines is 3. The quantitative estimate of drug-likeness (QED) is 0.510. The van der Waals surface area contributed by atoms with E-state index in [0.29, 0.717) is 28.4 Å². The largest absolute Gasteiger partial charge is 0.399 e. The Kier molecular flexibility index (Phi) is 4.25. The zero-order valence-corrected chi connectivity index (χ0v) is 15.2. The van der Waals surface area contributed by atoms with Crippen LogP contribution in [0.1, 0.15) is 11.3 Å². The lowest BCUT2D eigenvalue weighted by molar-refractivity contribution is 0.629. The summed E-state index contributed by atoms with van der Waals surface area (Å²) in [4.78, 5) is 12.3. The van der Waals surface area contributed by atoms with E-state index in [1.807, 2.05) is 13.0 Å². The number of nitrogens with one attached hydrogen (secondary N) is 1. The molecule has 1 aromatic carbocycles. The van der Waals surface area contributed by atoms with E-state index >= 15 is 0 Å². The van der Waals surface area contributed by atoms with Crippen LogP contribution in [-0.2, 0) is 0 Å². The number of fused-ring (bicyclic) bond motifs is 1.